The number of rotatable bonds is 8. The van der Waals surface area contributed by atoms with Gasteiger partial charge in [-0.1, -0.05) is 13.8 Å². The maximum Gasteiger partial charge on any atom is 0.341 e. The van der Waals surface area contributed by atoms with Gasteiger partial charge >= 0.3 is 5.97 Å². The lowest BCUT2D eigenvalue weighted by Crippen LogP contribution is -2.47. The molecule has 3 heterocycles. The minimum absolute atomic E-state index is 0.226. The fraction of sp³-hybridized carbons (Fsp3) is 0.600. The van der Waals surface area contributed by atoms with Crippen molar-refractivity contribution < 1.29 is 14.3 Å². The fourth-order valence-electron chi connectivity index (χ4n) is 3.64. The molecule has 3 rings (SSSR count). The number of ether oxygens (including phenoxy) is 2. The van der Waals surface area contributed by atoms with Crippen molar-refractivity contribution in [1.82, 2.24) is 14.9 Å². The van der Waals surface area contributed by atoms with Crippen molar-refractivity contribution in [2.75, 3.05) is 45.3 Å². The van der Waals surface area contributed by atoms with Gasteiger partial charge in [0.15, 0.2) is 0 Å². The van der Waals surface area contributed by atoms with E-state index in [1.54, 1.807) is 13.3 Å². The zero-order chi connectivity index (χ0) is 19.2. The Labute approximate surface area is 160 Å². The second-order valence-corrected chi connectivity index (χ2v) is 7.23. The topological polar surface area (TPSA) is 79.5 Å². The normalized spacial score (nSPS) is 20.7. The van der Waals surface area contributed by atoms with Crippen molar-refractivity contribution in [2.45, 2.75) is 32.7 Å². The molecule has 1 aliphatic rings. The van der Waals surface area contributed by atoms with Crippen molar-refractivity contribution >= 4 is 22.7 Å². The number of hydrogen-bond donors (Lipinski definition) is 2. The molecule has 0 spiro atoms. The summed E-state index contributed by atoms with van der Waals surface area (Å²) >= 11 is 0. The van der Waals surface area contributed by atoms with Gasteiger partial charge in [0.05, 0.1) is 12.3 Å². The van der Waals surface area contributed by atoms with Gasteiger partial charge in [-0.25, -0.2) is 9.78 Å². The van der Waals surface area contributed by atoms with E-state index >= 15 is 0 Å². The molecule has 2 atom stereocenters. The summed E-state index contributed by atoms with van der Waals surface area (Å²) in [4.78, 5) is 22.6. The van der Waals surface area contributed by atoms with Gasteiger partial charge in [-0.2, -0.15) is 0 Å². The third-order valence-corrected chi connectivity index (χ3v) is 5.24. The van der Waals surface area contributed by atoms with E-state index in [1.807, 2.05) is 12.3 Å². The molecule has 0 bridgehead atoms. The number of carbonyl (C=O) groups excluding carboxylic acids is 1. The number of fused-ring (bicyclic) bond motifs is 1. The predicted molar refractivity (Wildman–Crippen MR) is 106 cm³/mol. The number of nitrogens with one attached hydrogen (secondary N) is 2. The Morgan fingerprint density at radius 1 is 1.44 bits per heavy atom. The molecule has 0 aromatic carbocycles. The van der Waals surface area contributed by atoms with Crippen LogP contribution in [0.2, 0.25) is 0 Å². The quantitative estimate of drug-likeness (QED) is 0.546. The highest BCUT2D eigenvalue weighted by molar-refractivity contribution is 6.04. The van der Waals surface area contributed by atoms with E-state index in [0.717, 1.165) is 49.2 Å². The Bertz CT molecular complexity index is 761. The summed E-state index contributed by atoms with van der Waals surface area (Å²) in [7, 11) is 1.58. The van der Waals surface area contributed by atoms with Crippen LogP contribution in [-0.4, -0.2) is 66.8 Å². The number of nitrogens with zero attached hydrogens (tertiary/aromatic N) is 2. The molecule has 1 aliphatic heterocycles. The van der Waals surface area contributed by atoms with Crippen LogP contribution in [0.5, 0.6) is 0 Å². The van der Waals surface area contributed by atoms with Gasteiger partial charge in [-0.3, -0.25) is 0 Å². The number of aromatic nitrogens is 2. The first-order valence-corrected chi connectivity index (χ1v) is 9.75. The molecule has 0 radical (unpaired) electrons. The molecule has 0 unspecified atom stereocenters. The Balaban J connectivity index is 1.85. The summed E-state index contributed by atoms with van der Waals surface area (Å²) in [6, 6.07) is 2.23. The van der Waals surface area contributed by atoms with Crippen molar-refractivity contribution in [1.29, 1.82) is 0 Å². The van der Waals surface area contributed by atoms with E-state index in [9.17, 15) is 4.79 Å². The number of hydrogen-bond acceptors (Lipinski definition) is 6. The molecular formula is C20H30N4O3. The van der Waals surface area contributed by atoms with Gasteiger partial charge in [-0.05, 0) is 37.9 Å². The number of esters is 1. The van der Waals surface area contributed by atoms with Crippen LogP contribution in [-0.2, 0) is 9.47 Å². The highest BCUT2D eigenvalue weighted by Crippen LogP contribution is 2.29. The third kappa shape index (κ3) is 4.59. The predicted octanol–water partition coefficient (Wildman–Crippen LogP) is 2.90. The average Bonchev–Trinajstić information content (AvgIpc) is 3.14. The van der Waals surface area contributed by atoms with E-state index in [4.69, 9.17) is 9.47 Å². The number of anilines is 1. The summed E-state index contributed by atoms with van der Waals surface area (Å²) in [6.07, 6.45) is 5.73. The first-order valence-electron chi connectivity index (χ1n) is 9.75. The second kappa shape index (κ2) is 9.19. The zero-order valence-corrected chi connectivity index (χ0v) is 16.5. The molecule has 27 heavy (non-hydrogen) atoms. The average molecular weight is 374 g/mol. The maximum atomic E-state index is 12.6. The largest absolute Gasteiger partial charge is 0.460 e. The van der Waals surface area contributed by atoms with Gasteiger partial charge in [-0.15, -0.1) is 0 Å². The first-order chi connectivity index (χ1) is 13.1. The lowest BCUT2D eigenvalue weighted by molar-refractivity contribution is 0.0388. The fourth-order valence-corrected chi connectivity index (χ4v) is 3.64. The number of pyridine rings is 1. The summed E-state index contributed by atoms with van der Waals surface area (Å²) in [5.74, 6) is 0.150. The summed E-state index contributed by atoms with van der Waals surface area (Å²) in [6.45, 7) is 8.29. The van der Waals surface area contributed by atoms with Crippen LogP contribution in [0, 0.1) is 5.92 Å². The molecule has 7 heteroatoms. The molecule has 2 N–H and O–H groups in total. The van der Waals surface area contributed by atoms with E-state index in [2.05, 4.69) is 34.0 Å². The molecule has 148 valence electrons. The van der Waals surface area contributed by atoms with Crippen LogP contribution >= 0.6 is 0 Å². The summed E-state index contributed by atoms with van der Waals surface area (Å²) < 4.78 is 10.3. The Morgan fingerprint density at radius 3 is 3.07 bits per heavy atom. The minimum atomic E-state index is -0.376. The molecule has 7 nitrogen and oxygen atoms in total. The van der Waals surface area contributed by atoms with Crippen molar-refractivity contribution in [3.05, 3.63) is 24.0 Å². The van der Waals surface area contributed by atoms with Gasteiger partial charge in [0.1, 0.15) is 17.8 Å². The van der Waals surface area contributed by atoms with E-state index in [1.165, 1.54) is 0 Å². The smallest absolute Gasteiger partial charge is 0.341 e. The molecule has 1 fully saturated rings. The molecule has 2 aromatic heterocycles. The first kappa shape index (κ1) is 19.6. The minimum Gasteiger partial charge on any atom is -0.460 e. The molecule has 1 saturated heterocycles. The zero-order valence-electron chi connectivity index (χ0n) is 16.5. The van der Waals surface area contributed by atoms with E-state index in [-0.39, 0.29) is 18.6 Å². The maximum absolute atomic E-state index is 12.6. The van der Waals surface area contributed by atoms with Gasteiger partial charge in [0.2, 0.25) is 0 Å². The van der Waals surface area contributed by atoms with Crippen molar-refractivity contribution in [2.24, 2.45) is 5.92 Å². The summed E-state index contributed by atoms with van der Waals surface area (Å²) in [5, 5.41) is 4.57. The number of piperidine rings is 1. The highest BCUT2D eigenvalue weighted by Gasteiger charge is 2.28. The van der Waals surface area contributed by atoms with Crippen LogP contribution in [0.1, 0.15) is 37.0 Å². The van der Waals surface area contributed by atoms with Crippen LogP contribution in [0.4, 0.5) is 5.69 Å². The lowest BCUT2D eigenvalue weighted by Gasteiger charge is -2.38. The lowest BCUT2D eigenvalue weighted by atomic mass is 9.92. The van der Waals surface area contributed by atoms with E-state index in [0.29, 0.717) is 18.1 Å². The number of H-pyrrole nitrogens is 1. The van der Waals surface area contributed by atoms with Crippen LogP contribution in [0.15, 0.2) is 18.5 Å². The molecule has 0 aliphatic carbocycles. The monoisotopic (exact) mass is 374 g/mol. The number of carbonyl (C=O) groups is 1. The van der Waals surface area contributed by atoms with Gasteiger partial charge in [0.25, 0.3) is 0 Å². The Hall–Kier alpha value is -2.12. The van der Waals surface area contributed by atoms with Crippen molar-refractivity contribution in [3.8, 4) is 0 Å². The van der Waals surface area contributed by atoms with Gasteiger partial charge in [0, 0.05) is 37.5 Å². The summed E-state index contributed by atoms with van der Waals surface area (Å²) in [5.41, 5.74) is 2.04. The number of aromatic amines is 1. The van der Waals surface area contributed by atoms with E-state index < -0.39 is 0 Å². The molecule has 0 saturated carbocycles. The molecule has 0 amide bonds. The Kier molecular flexibility index (Phi) is 6.68. The van der Waals surface area contributed by atoms with Crippen LogP contribution < -0.4 is 5.32 Å². The SMILES string of the molecule is CCCN1CC[C@H](C)[C@H](Nc2c(C(=O)OCCOC)cnc3[nH]ccc23)C1. The second-order valence-electron chi connectivity index (χ2n) is 7.23. The standard InChI is InChI=1S/C20H30N4O3/c1-4-8-24-9-6-14(2)17(13-24)23-18-15-5-7-21-19(15)22-12-16(18)20(25)27-11-10-26-3/h5,7,12,14,17H,4,6,8-11,13H2,1-3H3,(H2,21,22,23)/t14-,17+/m0/s1. The number of likely N-dealkylation sites (tertiary alicyclic amines) is 1. The number of methoxy groups -OCH3 is 1. The Morgan fingerprint density at radius 2 is 2.30 bits per heavy atom. The molecular weight excluding hydrogens is 344 g/mol. The molecule has 2 aromatic rings. The van der Waals surface area contributed by atoms with Crippen molar-refractivity contribution in [3.63, 3.8) is 0 Å². The third-order valence-electron chi connectivity index (χ3n) is 5.24. The van der Waals surface area contributed by atoms with Crippen LogP contribution in [0.25, 0.3) is 11.0 Å². The van der Waals surface area contributed by atoms with Crippen LogP contribution in [0.3, 0.4) is 0 Å². The highest BCUT2D eigenvalue weighted by atomic mass is 16.6. The van der Waals surface area contributed by atoms with Gasteiger partial charge < -0.3 is 24.7 Å².